The summed E-state index contributed by atoms with van der Waals surface area (Å²) in [4.78, 5) is -0.000613. The SMILES string of the molecule is N=C(Cl)c1ccc(OCCNC[C@H](O)c2ccc(F)c(NS(=O)(=O)c3ccccc3)c2)cc1N. The number of anilines is 2. The van der Waals surface area contributed by atoms with Crippen molar-refractivity contribution >= 4 is 38.2 Å². The zero-order valence-electron chi connectivity index (χ0n) is 18.0. The Balaban J connectivity index is 1.53. The van der Waals surface area contributed by atoms with Crippen LogP contribution < -0.4 is 20.5 Å². The number of rotatable bonds is 11. The summed E-state index contributed by atoms with van der Waals surface area (Å²) in [7, 11) is -3.97. The van der Waals surface area contributed by atoms with Crippen molar-refractivity contribution in [2.75, 3.05) is 30.2 Å². The summed E-state index contributed by atoms with van der Waals surface area (Å²) in [5.41, 5.74) is 6.66. The van der Waals surface area contributed by atoms with Crippen LogP contribution in [0.2, 0.25) is 0 Å². The molecule has 3 aromatic rings. The molecule has 0 aliphatic rings. The lowest BCUT2D eigenvalue weighted by atomic mass is 10.1. The van der Waals surface area contributed by atoms with E-state index in [-0.39, 0.29) is 28.9 Å². The van der Waals surface area contributed by atoms with Crippen molar-refractivity contribution in [3.8, 4) is 5.75 Å². The highest BCUT2D eigenvalue weighted by Crippen LogP contribution is 2.24. The van der Waals surface area contributed by atoms with E-state index in [4.69, 9.17) is 27.5 Å². The number of aliphatic hydroxyl groups excluding tert-OH is 1. The molecular weight excluding hydrogens is 483 g/mol. The van der Waals surface area contributed by atoms with Crippen molar-refractivity contribution in [3.63, 3.8) is 0 Å². The number of halogens is 2. The van der Waals surface area contributed by atoms with Crippen molar-refractivity contribution in [1.82, 2.24) is 5.32 Å². The van der Waals surface area contributed by atoms with Gasteiger partial charge in [-0.15, -0.1) is 0 Å². The molecule has 0 unspecified atom stereocenters. The Hall–Kier alpha value is -3.18. The summed E-state index contributed by atoms with van der Waals surface area (Å²) in [6.45, 7) is 0.790. The first kappa shape index (κ1) is 25.4. The summed E-state index contributed by atoms with van der Waals surface area (Å²) in [5.74, 6) is -0.248. The highest BCUT2D eigenvalue weighted by molar-refractivity contribution is 7.92. The molecule has 0 aliphatic heterocycles. The van der Waals surface area contributed by atoms with Gasteiger partial charge in [0, 0.05) is 30.4 Å². The molecule has 0 fully saturated rings. The van der Waals surface area contributed by atoms with Crippen LogP contribution in [0.25, 0.3) is 0 Å². The summed E-state index contributed by atoms with van der Waals surface area (Å²) in [5, 5.41) is 20.7. The van der Waals surface area contributed by atoms with E-state index < -0.39 is 21.9 Å². The number of sulfonamides is 1. The second-order valence-corrected chi connectivity index (χ2v) is 9.35. The fraction of sp³-hybridized carbons (Fsp3) is 0.174. The van der Waals surface area contributed by atoms with E-state index in [2.05, 4.69) is 10.0 Å². The van der Waals surface area contributed by atoms with E-state index >= 15 is 0 Å². The molecule has 11 heteroatoms. The molecule has 0 saturated carbocycles. The maximum Gasteiger partial charge on any atom is 0.261 e. The molecule has 3 aromatic carbocycles. The topological polar surface area (TPSA) is 138 Å². The Kier molecular flexibility index (Phi) is 8.46. The predicted molar refractivity (Wildman–Crippen MR) is 131 cm³/mol. The van der Waals surface area contributed by atoms with Gasteiger partial charge in [0.25, 0.3) is 10.0 Å². The molecule has 34 heavy (non-hydrogen) atoms. The molecule has 0 spiro atoms. The van der Waals surface area contributed by atoms with Crippen molar-refractivity contribution in [3.05, 3.63) is 83.7 Å². The number of aliphatic hydroxyl groups is 1. The summed E-state index contributed by atoms with van der Waals surface area (Å²) in [6, 6.07) is 16.2. The molecule has 0 amide bonds. The van der Waals surface area contributed by atoms with E-state index in [0.29, 0.717) is 29.1 Å². The largest absolute Gasteiger partial charge is 0.492 e. The van der Waals surface area contributed by atoms with Crippen molar-refractivity contribution in [2.45, 2.75) is 11.0 Å². The van der Waals surface area contributed by atoms with Crippen LogP contribution in [0.4, 0.5) is 15.8 Å². The first-order valence-electron chi connectivity index (χ1n) is 10.2. The van der Waals surface area contributed by atoms with Gasteiger partial charge in [-0.2, -0.15) is 0 Å². The van der Waals surface area contributed by atoms with E-state index in [9.17, 15) is 17.9 Å². The minimum Gasteiger partial charge on any atom is -0.492 e. The lowest BCUT2D eigenvalue weighted by Crippen LogP contribution is -2.26. The molecule has 0 aromatic heterocycles. The zero-order chi connectivity index (χ0) is 24.7. The molecule has 1 atom stereocenters. The number of hydrogen-bond donors (Lipinski definition) is 5. The average molecular weight is 507 g/mol. The second kappa shape index (κ2) is 11.3. The zero-order valence-corrected chi connectivity index (χ0v) is 19.5. The molecule has 180 valence electrons. The van der Waals surface area contributed by atoms with Gasteiger partial charge in [0.15, 0.2) is 0 Å². The average Bonchev–Trinajstić information content (AvgIpc) is 2.80. The highest BCUT2D eigenvalue weighted by Gasteiger charge is 2.18. The standard InChI is InChI=1S/C23H24ClFN4O4S/c24-23(27)18-8-7-16(13-20(18)26)33-11-10-28-14-22(30)15-6-9-19(25)21(12-15)29-34(31,32)17-4-2-1-3-5-17/h1-9,12-13,22,27-30H,10-11,14,26H2/t22-/m0/s1. The van der Waals surface area contributed by atoms with Crippen LogP contribution in [0.5, 0.6) is 5.75 Å². The molecule has 0 radical (unpaired) electrons. The van der Waals surface area contributed by atoms with E-state index in [1.807, 2.05) is 0 Å². The fourth-order valence-electron chi connectivity index (χ4n) is 3.06. The third kappa shape index (κ3) is 6.67. The van der Waals surface area contributed by atoms with Gasteiger partial charge in [-0.05, 0) is 42.0 Å². The normalized spacial score (nSPS) is 12.2. The van der Waals surface area contributed by atoms with Crippen LogP contribution in [0.1, 0.15) is 17.2 Å². The molecule has 3 rings (SSSR count). The monoisotopic (exact) mass is 506 g/mol. The van der Waals surface area contributed by atoms with E-state index in [1.54, 1.807) is 36.4 Å². The van der Waals surface area contributed by atoms with Gasteiger partial charge in [-0.1, -0.05) is 35.9 Å². The molecule has 0 bridgehead atoms. The van der Waals surface area contributed by atoms with Gasteiger partial charge in [-0.25, -0.2) is 12.8 Å². The number of benzene rings is 3. The molecule has 6 N–H and O–H groups in total. The Morgan fingerprint density at radius 3 is 2.56 bits per heavy atom. The van der Waals surface area contributed by atoms with E-state index in [0.717, 1.165) is 6.07 Å². The summed E-state index contributed by atoms with van der Waals surface area (Å²) < 4.78 is 47.0. The molecular formula is C23H24ClFN4O4S. The van der Waals surface area contributed by atoms with Crippen LogP contribution in [0.15, 0.2) is 71.6 Å². The Morgan fingerprint density at radius 1 is 1.15 bits per heavy atom. The predicted octanol–water partition coefficient (Wildman–Crippen LogP) is 3.47. The Bertz CT molecular complexity index is 1260. The number of nitrogen functional groups attached to an aromatic ring is 1. The van der Waals surface area contributed by atoms with Gasteiger partial charge < -0.3 is 20.9 Å². The lowest BCUT2D eigenvalue weighted by molar-refractivity contribution is 0.172. The first-order valence-corrected chi connectivity index (χ1v) is 12.1. The van der Waals surface area contributed by atoms with Gasteiger partial charge >= 0.3 is 0 Å². The van der Waals surface area contributed by atoms with Crippen molar-refractivity contribution < 1.29 is 22.7 Å². The molecule has 0 aliphatic carbocycles. The fourth-order valence-corrected chi connectivity index (χ4v) is 4.31. The van der Waals surface area contributed by atoms with Crippen molar-refractivity contribution in [1.29, 1.82) is 5.41 Å². The Morgan fingerprint density at radius 2 is 1.88 bits per heavy atom. The second-order valence-electron chi connectivity index (χ2n) is 7.29. The third-order valence-corrected chi connectivity index (χ3v) is 6.40. The molecule has 0 saturated heterocycles. The number of nitrogens with one attached hydrogen (secondary N) is 3. The van der Waals surface area contributed by atoms with Crippen LogP contribution >= 0.6 is 11.6 Å². The number of ether oxygens (including phenoxy) is 1. The summed E-state index contributed by atoms with van der Waals surface area (Å²) in [6.07, 6.45) is -1.01. The Labute approximate surface area is 202 Å². The maximum atomic E-state index is 14.2. The van der Waals surface area contributed by atoms with Gasteiger partial charge in [0.2, 0.25) is 0 Å². The minimum absolute atomic E-state index is 0.000613. The van der Waals surface area contributed by atoms with Gasteiger partial charge in [0.05, 0.1) is 16.7 Å². The van der Waals surface area contributed by atoms with Crippen LogP contribution in [-0.4, -0.2) is 38.4 Å². The highest BCUT2D eigenvalue weighted by atomic mass is 35.5. The van der Waals surface area contributed by atoms with E-state index in [1.165, 1.54) is 24.3 Å². The molecule has 8 nitrogen and oxygen atoms in total. The summed E-state index contributed by atoms with van der Waals surface area (Å²) >= 11 is 5.64. The van der Waals surface area contributed by atoms with Crippen LogP contribution in [-0.2, 0) is 10.0 Å². The minimum atomic E-state index is -3.97. The quantitative estimate of drug-likeness (QED) is 0.153. The van der Waals surface area contributed by atoms with Gasteiger partial charge in [-0.3, -0.25) is 10.1 Å². The van der Waals surface area contributed by atoms with Crippen molar-refractivity contribution in [2.24, 2.45) is 0 Å². The smallest absolute Gasteiger partial charge is 0.261 e. The van der Waals surface area contributed by atoms with Crippen LogP contribution in [0, 0.1) is 11.2 Å². The lowest BCUT2D eigenvalue weighted by Gasteiger charge is -2.15. The number of hydrogen-bond acceptors (Lipinski definition) is 7. The van der Waals surface area contributed by atoms with Crippen LogP contribution in [0.3, 0.4) is 0 Å². The third-order valence-electron chi connectivity index (χ3n) is 4.82. The molecule has 0 heterocycles. The first-order chi connectivity index (χ1) is 16.2. The maximum absolute atomic E-state index is 14.2. The number of nitrogens with two attached hydrogens (primary N) is 1. The van der Waals surface area contributed by atoms with Gasteiger partial charge in [0.1, 0.15) is 23.3 Å².